The van der Waals surface area contributed by atoms with Gasteiger partial charge in [0.15, 0.2) is 5.89 Å². The summed E-state index contributed by atoms with van der Waals surface area (Å²) < 4.78 is 5.11. The van der Waals surface area contributed by atoms with Gasteiger partial charge in [-0.2, -0.15) is 0 Å². The zero-order valence-electron chi connectivity index (χ0n) is 6.66. The summed E-state index contributed by atoms with van der Waals surface area (Å²) in [6.07, 6.45) is 7.00. The highest BCUT2D eigenvalue weighted by atomic mass is 16.3. The zero-order valence-corrected chi connectivity index (χ0v) is 6.66. The van der Waals surface area contributed by atoms with E-state index in [1.54, 1.807) is 12.5 Å². The molecule has 2 heterocycles. The van der Waals surface area contributed by atoms with Crippen LogP contribution in [0.1, 0.15) is 11.6 Å². The van der Waals surface area contributed by atoms with Crippen LogP contribution < -0.4 is 0 Å². The van der Waals surface area contributed by atoms with Crippen molar-refractivity contribution in [1.82, 2.24) is 9.97 Å². The predicted molar refractivity (Wildman–Crippen MR) is 44.7 cm³/mol. The number of hydrogen-bond donors (Lipinski definition) is 1. The molecule has 12 heavy (non-hydrogen) atoms. The summed E-state index contributed by atoms with van der Waals surface area (Å²) in [7, 11) is 0. The van der Waals surface area contributed by atoms with Gasteiger partial charge in [-0.05, 0) is 18.6 Å². The lowest BCUT2D eigenvalue weighted by atomic mass is 10.2. The highest BCUT2D eigenvalue weighted by molar-refractivity contribution is 5.04. The van der Waals surface area contributed by atoms with E-state index >= 15 is 0 Å². The van der Waals surface area contributed by atoms with E-state index in [2.05, 4.69) is 16.0 Å². The number of nitrogens with zero attached hydrogens (tertiary/aromatic N) is 1. The Balaban J connectivity index is 1.91. The smallest absolute Gasteiger partial charge is 0.194 e. The van der Waals surface area contributed by atoms with Crippen molar-refractivity contribution in [3.63, 3.8) is 0 Å². The second-order valence-corrected chi connectivity index (χ2v) is 2.62. The third-order valence-electron chi connectivity index (χ3n) is 1.75. The Morgan fingerprint density at radius 2 is 2.42 bits per heavy atom. The topological polar surface area (TPSA) is 41.8 Å². The maximum Gasteiger partial charge on any atom is 0.194 e. The van der Waals surface area contributed by atoms with E-state index < -0.39 is 0 Å². The van der Waals surface area contributed by atoms with Crippen molar-refractivity contribution in [2.75, 3.05) is 0 Å². The molecular formula is C9H10N2O. The molecule has 0 aliphatic rings. The van der Waals surface area contributed by atoms with Crippen molar-refractivity contribution in [1.29, 1.82) is 0 Å². The first-order valence-corrected chi connectivity index (χ1v) is 3.96. The van der Waals surface area contributed by atoms with Crippen molar-refractivity contribution in [2.45, 2.75) is 12.8 Å². The Kier molecular flexibility index (Phi) is 1.94. The molecule has 0 aromatic carbocycles. The molecule has 0 radical (unpaired) electrons. The van der Waals surface area contributed by atoms with Gasteiger partial charge in [0.2, 0.25) is 0 Å². The number of nitrogens with one attached hydrogen (secondary N) is 1. The molecule has 0 bridgehead atoms. The number of H-pyrrole nitrogens is 1. The normalized spacial score (nSPS) is 10.3. The molecule has 3 nitrogen and oxygen atoms in total. The first kappa shape index (κ1) is 7.16. The number of hydrogen-bond acceptors (Lipinski definition) is 2. The molecular weight excluding hydrogens is 152 g/mol. The molecule has 2 aromatic heterocycles. The quantitative estimate of drug-likeness (QED) is 0.747. The maximum atomic E-state index is 5.11. The lowest BCUT2D eigenvalue weighted by Gasteiger charge is -1.92. The fraction of sp³-hybridized carbons (Fsp3) is 0.222. The van der Waals surface area contributed by atoms with Gasteiger partial charge in [0.1, 0.15) is 6.26 Å². The number of aryl methyl sites for hydroxylation is 2. The van der Waals surface area contributed by atoms with Crippen LogP contribution in [0.25, 0.3) is 0 Å². The molecule has 0 saturated heterocycles. The van der Waals surface area contributed by atoms with Crippen LogP contribution in [0.15, 0.2) is 35.2 Å². The molecule has 0 aliphatic heterocycles. The monoisotopic (exact) mass is 162 g/mol. The second kappa shape index (κ2) is 3.26. The lowest BCUT2D eigenvalue weighted by Crippen LogP contribution is -1.90. The summed E-state index contributed by atoms with van der Waals surface area (Å²) in [5.74, 6) is 0.796. The third kappa shape index (κ3) is 1.56. The molecule has 0 amide bonds. The maximum absolute atomic E-state index is 5.11. The van der Waals surface area contributed by atoms with E-state index in [4.69, 9.17) is 4.42 Å². The average molecular weight is 162 g/mol. The minimum absolute atomic E-state index is 0.796. The number of rotatable bonds is 3. The summed E-state index contributed by atoms with van der Waals surface area (Å²) >= 11 is 0. The van der Waals surface area contributed by atoms with Crippen LogP contribution in [-0.2, 0) is 12.8 Å². The lowest BCUT2D eigenvalue weighted by molar-refractivity contribution is 0.493. The van der Waals surface area contributed by atoms with E-state index in [0.717, 1.165) is 18.7 Å². The molecule has 2 aromatic rings. The molecule has 0 unspecified atom stereocenters. The predicted octanol–water partition coefficient (Wildman–Crippen LogP) is 1.79. The minimum Gasteiger partial charge on any atom is -0.449 e. The van der Waals surface area contributed by atoms with Crippen molar-refractivity contribution in [3.05, 3.63) is 42.4 Å². The summed E-state index contributed by atoms with van der Waals surface area (Å²) in [6, 6.07) is 4.05. The summed E-state index contributed by atoms with van der Waals surface area (Å²) in [6.45, 7) is 0. The fourth-order valence-electron chi connectivity index (χ4n) is 1.14. The van der Waals surface area contributed by atoms with E-state index in [9.17, 15) is 0 Å². The van der Waals surface area contributed by atoms with Crippen molar-refractivity contribution in [3.8, 4) is 0 Å². The van der Waals surface area contributed by atoms with Crippen LogP contribution in [0.4, 0.5) is 0 Å². The first-order chi connectivity index (χ1) is 5.95. The van der Waals surface area contributed by atoms with Crippen molar-refractivity contribution in [2.24, 2.45) is 0 Å². The average Bonchev–Trinajstić information content (AvgIpc) is 2.74. The standard InChI is InChI=1S/C9H10N2O/c1-2-8(10-5-1)3-4-9-11-6-7-12-9/h1-2,5-7,10H,3-4H2. The zero-order chi connectivity index (χ0) is 8.23. The van der Waals surface area contributed by atoms with Crippen LogP contribution in [0.3, 0.4) is 0 Å². The van der Waals surface area contributed by atoms with E-state index in [0.29, 0.717) is 0 Å². The summed E-state index contributed by atoms with van der Waals surface area (Å²) in [5, 5.41) is 0. The van der Waals surface area contributed by atoms with Gasteiger partial charge in [0.05, 0.1) is 6.20 Å². The molecule has 0 saturated carbocycles. The molecule has 0 fully saturated rings. The highest BCUT2D eigenvalue weighted by Crippen LogP contribution is 2.02. The van der Waals surface area contributed by atoms with Crippen LogP contribution >= 0.6 is 0 Å². The highest BCUT2D eigenvalue weighted by Gasteiger charge is 1.98. The van der Waals surface area contributed by atoms with Gasteiger partial charge in [-0.15, -0.1) is 0 Å². The van der Waals surface area contributed by atoms with Gasteiger partial charge in [-0.25, -0.2) is 4.98 Å². The Labute approximate surface area is 70.4 Å². The summed E-state index contributed by atoms with van der Waals surface area (Å²) in [4.78, 5) is 7.17. The van der Waals surface area contributed by atoms with Crippen LogP contribution in [0.2, 0.25) is 0 Å². The van der Waals surface area contributed by atoms with Crippen molar-refractivity contribution >= 4 is 0 Å². The largest absolute Gasteiger partial charge is 0.449 e. The Hall–Kier alpha value is -1.51. The second-order valence-electron chi connectivity index (χ2n) is 2.62. The van der Waals surface area contributed by atoms with Crippen LogP contribution in [-0.4, -0.2) is 9.97 Å². The van der Waals surface area contributed by atoms with E-state index in [1.165, 1.54) is 5.69 Å². The van der Waals surface area contributed by atoms with Gasteiger partial charge in [0.25, 0.3) is 0 Å². The number of aromatic amines is 1. The first-order valence-electron chi connectivity index (χ1n) is 3.96. The minimum atomic E-state index is 0.796. The van der Waals surface area contributed by atoms with Gasteiger partial charge in [0, 0.05) is 18.3 Å². The van der Waals surface area contributed by atoms with Gasteiger partial charge in [-0.3, -0.25) is 0 Å². The molecule has 62 valence electrons. The summed E-state index contributed by atoms with van der Waals surface area (Å²) in [5.41, 5.74) is 1.22. The molecule has 0 aliphatic carbocycles. The van der Waals surface area contributed by atoms with Gasteiger partial charge >= 0.3 is 0 Å². The Morgan fingerprint density at radius 3 is 3.08 bits per heavy atom. The van der Waals surface area contributed by atoms with Gasteiger partial charge < -0.3 is 9.40 Å². The molecule has 3 heteroatoms. The van der Waals surface area contributed by atoms with E-state index in [-0.39, 0.29) is 0 Å². The Bertz CT molecular complexity index is 276. The van der Waals surface area contributed by atoms with Crippen molar-refractivity contribution < 1.29 is 4.42 Å². The van der Waals surface area contributed by atoms with Gasteiger partial charge in [-0.1, -0.05) is 0 Å². The fourth-order valence-corrected chi connectivity index (χ4v) is 1.14. The Morgan fingerprint density at radius 1 is 1.42 bits per heavy atom. The van der Waals surface area contributed by atoms with E-state index in [1.807, 2.05) is 12.3 Å². The number of aromatic nitrogens is 2. The SMILES string of the molecule is c1c[nH]c(CCc2ncco2)c1. The number of oxazole rings is 1. The van der Waals surface area contributed by atoms with Crippen LogP contribution in [0.5, 0.6) is 0 Å². The van der Waals surface area contributed by atoms with Crippen LogP contribution in [0, 0.1) is 0 Å². The molecule has 1 N–H and O–H groups in total. The molecule has 0 atom stereocenters. The third-order valence-corrected chi connectivity index (χ3v) is 1.75. The molecule has 2 rings (SSSR count). The molecule has 0 spiro atoms.